The molecule has 1 atom stereocenters. The number of anilines is 1. The molecule has 0 aromatic heterocycles. The van der Waals surface area contributed by atoms with Crippen molar-refractivity contribution in [3.05, 3.63) is 64.6 Å². The summed E-state index contributed by atoms with van der Waals surface area (Å²) in [6.45, 7) is 4.10. The summed E-state index contributed by atoms with van der Waals surface area (Å²) in [4.78, 5) is 27.8. The van der Waals surface area contributed by atoms with Crippen LogP contribution in [-0.4, -0.2) is 50.5 Å². The number of hydrogen-bond acceptors (Lipinski definition) is 4. The van der Waals surface area contributed by atoms with Crippen molar-refractivity contribution in [2.45, 2.75) is 39.3 Å². The number of hydrogen-bond donors (Lipinski definition) is 1. The van der Waals surface area contributed by atoms with E-state index in [1.165, 1.54) is 4.90 Å². The second-order valence-electron chi connectivity index (χ2n) is 7.47. The summed E-state index contributed by atoms with van der Waals surface area (Å²) in [5.74, 6) is -0.690. The Kier molecular flexibility index (Phi) is 9.71. The molecule has 0 aliphatic rings. The van der Waals surface area contributed by atoms with Gasteiger partial charge in [0, 0.05) is 17.6 Å². The normalized spacial score (nSPS) is 12.1. The summed E-state index contributed by atoms with van der Waals surface area (Å²) in [5, 5.41) is 2.86. The first-order valence-electron chi connectivity index (χ1n) is 10.5. The average molecular weight is 524 g/mol. The zero-order chi connectivity index (χ0) is 23.7. The average Bonchev–Trinajstić information content (AvgIpc) is 2.75. The lowest BCUT2D eigenvalue weighted by Gasteiger charge is -2.32. The predicted octanol–water partition coefficient (Wildman–Crippen LogP) is 3.55. The second kappa shape index (κ2) is 12.0. The first-order valence-corrected chi connectivity index (χ1v) is 13.2. The van der Waals surface area contributed by atoms with Crippen LogP contribution in [0.15, 0.2) is 59.1 Å². The highest BCUT2D eigenvalue weighted by atomic mass is 79.9. The van der Waals surface area contributed by atoms with Crippen molar-refractivity contribution in [1.29, 1.82) is 0 Å². The quantitative estimate of drug-likeness (QED) is 0.487. The summed E-state index contributed by atoms with van der Waals surface area (Å²) < 4.78 is 26.8. The van der Waals surface area contributed by atoms with E-state index in [1.54, 1.807) is 24.3 Å². The highest BCUT2D eigenvalue weighted by Crippen LogP contribution is 2.23. The molecule has 2 amide bonds. The van der Waals surface area contributed by atoms with Crippen LogP contribution in [0.3, 0.4) is 0 Å². The molecule has 174 valence electrons. The maximum atomic E-state index is 13.5. The molecule has 0 radical (unpaired) electrons. The fraction of sp³-hybridized carbons (Fsp3) is 0.391. The zero-order valence-electron chi connectivity index (χ0n) is 18.6. The Morgan fingerprint density at radius 3 is 2.31 bits per heavy atom. The third-order valence-electron chi connectivity index (χ3n) is 4.91. The molecule has 0 fully saturated rings. The number of halogens is 1. The molecule has 7 nitrogen and oxygen atoms in total. The lowest BCUT2D eigenvalue weighted by atomic mass is 10.1. The van der Waals surface area contributed by atoms with E-state index in [4.69, 9.17) is 0 Å². The number of carbonyl (C=O) groups excluding carboxylic acids is 2. The van der Waals surface area contributed by atoms with Gasteiger partial charge in [-0.05, 0) is 36.6 Å². The fourth-order valence-corrected chi connectivity index (χ4v) is 4.54. The van der Waals surface area contributed by atoms with Crippen LogP contribution in [0.5, 0.6) is 0 Å². The summed E-state index contributed by atoms with van der Waals surface area (Å²) in [7, 11) is -3.74. The molecule has 0 spiro atoms. The first-order chi connectivity index (χ1) is 15.2. The van der Waals surface area contributed by atoms with E-state index < -0.39 is 28.5 Å². The van der Waals surface area contributed by atoms with E-state index in [0.29, 0.717) is 23.1 Å². The van der Waals surface area contributed by atoms with Gasteiger partial charge in [-0.2, -0.15) is 0 Å². The molecule has 2 rings (SSSR count). The van der Waals surface area contributed by atoms with Crippen LogP contribution in [0.1, 0.15) is 32.3 Å². The van der Waals surface area contributed by atoms with Gasteiger partial charge in [0.05, 0.1) is 11.9 Å². The fourth-order valence-electron chi connectivity index (χ4n) is 3.31. The van der Waals surface area contributed by atoms with Crippen molar-refractivity contribution in [2.24, 2.45) is 0 Å². The minimum atomic E-state index is -3.74. The molecule has 2 aromatic rings. The lowest BCUT2D eigenvalue weighted by molar-refractivity contribution is -0.140. The van der Waals surface area contributed by atoms with Gasteiger partial charge in [0.2, 0.25) is 21.8 Å². The topological polar surface area (TPSA) is 86.8 Å². The van der Waals surface area contributed by atoms with Gasteiger partial charge in [0.25, 0.3) is 0 Å². The Morgan fingerprint density at radius 1 is 1.06 bits per heavy atom. The molecule has 0 unspecified atom stereocenters. The molecule has 9 heteroatoms. The van der Waals surface area contributed by atoms with Crippen molar-refractivity contribution in [1.82, 2.24) is 10.2 Å². The number of benzene rings is 2. The van der Waals surface area contributed by atoms with Crippen LogP contribution in [-0.2, 0) is 26.2 Å². The predicted molar refractivity (Wildman–Crippen MR) is 131 cm³/mol. The van der Waals surface area contributed by atoms with Gasteiger partial charge in [-0.1, -0.05) is 66.2 Å². The van der Waals surface area contributed by atoms with Crippen LogP contribution in [0.25, 0.3) is 0 Å². The number of nitrogens with zero attached hydrogens (tertiary/aromatic N) is 2. The molecule has 0 saturated heterocycles. The standard InChI is InChI=1S/C23H30BrN3O4S/c1-4-14-25-23(29)21(5-2)26(16-18-10-7-6-8-11-18)22(28)17-27(32(3,30)31)20-13-9-12-19(24)15-20/h6-13,15,21H,4-5,14,16-17H2,1-3H3,(H,25,29)/t21-/m1/s1. The molecule has 0 heterocycles. The largest absolute Gasteiger partial charge is 0.354 e. The van der Waals surface area contributed by atoms with Crippen molar-refractivity contribution >= 4 is 43.5 Å². The molecule has 0 aliphatic carbocycles. The van der Waals surface area contributed by atoms with E-state index in [0.717, 1.165) is 22.5 Å². The maximum Gasteiger partial charge on any atom is 0.244 e. The highest BCUT2D eigenvalue weighted by Gasteiger charge is 2.31. The molecular formula is C23H30BrN3O4S. The molecule has 1 N–H and O–H groups in total. The van der Waals surface area contributed by atoms with Gasteiger partial charge >= 0.3 is 0 Å². The van der Waals surface area contributed by atoms with Crippen molar-refractivity contribution in [3.63, 3.8) is 0 Å². The molecule has 32 heavy (non-hydrogen) atoms. The van der Waals surface area contributed by atoms with E-state index in [1.807, 2.05) is 44.2 Å². The smallest absolute Gasteiger partial charge is 0.244 e. The molecular weight excluding hydrogens is 494 g/mol. The van der Waals surface area contributed by atoms with E-state index >= 15 is 0 Å². The third kappa shape index (κ3) is 7.34. The van der Waals surface area contributed by atoms with Gasteiger partial charge in [-0.25, -0.2) is 8.42 Å². The van der Waals surface area contributed by atoms with Crippen molar-refractivity contribution < 1.29 is 18.0 Å². The summed E-state index contributed by atoms with van der Waals surface area (Å²) >= 11 is 3.34. The minimum Gasteiger partial charge on any atom is -0.354 e. The lowest BCUT2D eigenvalue weighted by Crippen LogP contribution is -2.52. The number of nitrogens with one attached hydrogen (secondary N) is 1. The Bertz CT molecular complexity index is 1010. The van der Waals surface area contributed by atoms with Crippen LogP contribution in [0, 0.1) is 0 Å². The van der Waals surface area contributed by atoms with Gasteiger partial charge in [0.1, 0.15) is 12.6 Å². The number of amides is 2. The monoisotopic (exact) mass is 523 g/mol. The van der Waals surface area contributed by atoms with Crippen molar-refractivity contribution in [3.8, 4) is 0 Å². The highest BCUT2D eigenvalue weighted by molar-refractivity contribution is 9.10. The Balaban J connectivity index is 2.39. The number of rotatable bonds is 11. The van der Waals surface area contributed by atoms with Crippen LogP contribution in [0.4, 0.5) is 5.69 Å². The minimum absolute atomic E-state index is 0.202. The van der Waals surface area contributed by atoms with Gasteiger partial charge in [0.15, 0.2) is 0 Å². The summed E-state index contributed by atoms with van der Waals surface area (Å²) in [6, 6.07) is 15.4. The molecule has 2 aromatic carbocycles. The maximum absolute atomic E-state index is 13.5. The zero-order valence-corrected chi connectivity index (χ0v) is 21.0. The van der Waals surface area contributed by atoms with Crippen LogP contribution >= 0.6 is 15.9 Å². The number of carbonyl (C=O) groups is 2. The van der Waals surface area contributed by atoms with Crippen molar-refractivity contribution in [2.75, 3.05) is 23.7 Å². The Morgan fingerprint density at radius 2 is 1.75 bits per heavy atom. The van der Waals surface area contributed by atoms with E-state index in [2.05, 4.69) is 21.2 Å². The van der Waals surface area contributed by atoms with Gasteiger partial charge in [-0.15, -0.1) is 0 Å². The SMILES string of the molecule is CCCNC(=O)[C@@H](CC)N(Cc1ccccc1)C(=O)CN(c1cccc(Br)c1)S(C)(=O)=O. The molecule has 0 aliphatic heterocycles. The Labute approximate surface area is 199 Å². The summed E-state index contributed by atoms with van der Waals surface area (Å²) in [6.07, 6.45) is 2.25. The molecule has 0 bridgehead atoms. The first kappa shape index (κ1) is 25.9. The van der Waals surface area contributed by atoms with Gasteiger partial charge < -0.3 is 10.2 Å². The van der Waals surface area contributed by atoms with Crippen LogP contribution in [0.2, 0.25) is 0 Å². The van der Waals surface area contributed by atoms with E-state index in [9.17, 15) is 18.0 Å². The second-order valence-corrected chi connectivity index (χ2v) is 10.3. The molecule has 0 saturated carbocycles. The third-order valence-corrected chi connectivity index (χ3v) is 6.54. The van der Waals surface area contributed by atoms with E-state index in [-0.39, 0.29) is 12.5 Å². The summed E-state index contributed by atoms with van der Waals surface area (Å²) in [5.41, 5.74) is 1.23. The van der Waals surface area contributed by atoms with Crippen LogP contribution < -0.4 is 9.62 Å². The number of sulfonamides is 1. The van der Waals surface area contributed by atoms with Gasteiger partial charge in [-0.3, -0.25) is 13.9 Å². The Hall–Kier alpha value is -2.39.